The Morgan fingerprint density at radius 3 is 1.26 bits per heavy atom. The van der Waals surface area contributed by atoms with Crippen LogP contribution in [0.4, 0.5) is 11.4 Å². The second kappa shape index (κ2) is 16.2. The van der Waals surface area contributed by atoms with Crippen LogP contribution in [0.1, 0.15) is 73.3 Å². The Labute approximate surface area is 306 Å². The van der Waals surface area contributed by atoms with Gasteiger partial charge in [-0.3, -0.25) is 19.2 Å². The van der Waals surface area contributed by atoms with Crippen molar-refractivity contribution in [2.24, 2.45) is 0 Å². The summed E-state index contributed by atoms with van der Waals surface area (Å²) in [5, 5.41) is 21.6. The SMILES string of the molecule is CCN(CC)c1ccc(C(=O)c2ccccc2C(=O)N2CCN(C(=O)c3ccccc3C(=O)c3ccc(N(CC)CI)cc3O)CC2)c(O)c1. The Morgan fingerprint density at radius 1 is 0.560 bits per heavy atom. The second-order valence-corrected chi connectivity index (χ2v) is 12.6. The lowest BCUT2D eigenvalue weighted by atomic mass is 9.96. The number of hydrogen-bond acceptors (Lipinski definition) is 8. The normalized spacial score (nSPS) is 12.8. The molecule has 0 aliphatic carbocycles. The van der Waals surface area contributed by atoms with E-state index in [0.717, 1.165) is 35.6 Å². The average molecular weight is 789 g/mol. The molecule has 1 fully saturated rings. The zero-order valence-electron chi connectivity index (χ0n) is 28.4. The number of alkyl halides is 1. The van der Waals surface area contributed by atoms with Crippen molar-refractivity contribution in [3.05, 3.63) is 118 Å². The van der Waals surface area contributed by atoms with Gasteiger partial charge >= 0.3 is 0 Å². The molecule has 4 aromatic carbocycles. The zero-order valence-corrected chi connectivity index (χ0v) is 30.6. The van der Waals surface area contributed by atoms with Crippen LogP contribution >= 0.6 is 22.6 Å². The minimum absolute atomic E-state index is 0.107. The van der Waals surface area contributed by atoms with Crippen molar-refractivity contribution < 1.29 is 29.4 Å². The summed E-state index contributed by atoms with van der Waals surface area (Å²) in [6, 6.07) is 23.0. The monoisotopic (exact) mass is 788 g/mol. The van der Waals surface area contributed by atoms with Crippen LogP contribution in [-0.2, 0) is 0 Å². The zero-order chi connectivity index (χ0) is 35.9. The second-order valence-electron chi connectivity index (χ2n) is 11.9. The maximum absolute atomic E-state index is 13.8. The number of carbonyl (C=O) groups excluding carboxylic acids is 4. The van der Waals surface area contributed by atoms with Gasteiger partial charge in [0.1, 0.15) is 11.5 Å². The molecular weight excluding hydrogens is 747 g/mol. The molecule has 4 aromatic rings. The van der Waals surface area contributed by atoms with E-state index in [-0.39, 0.29) is 82.9 Å². The first-order chi connectivity index (χ1) is 24.1. The van der Waals surface area contributed by atoms with Crippen LogP contribution in [0.2, 0.25) is 0 Å². The fourth-order valence-corrected chi connectivity index (χ4v) is 7.10. The van der Waals surface area contributed by atoms with Gasteiger partial charge in [-0.25, -0.2) is 0 Å². The van der Waals surface area contributed by atoms with Gasteiger partial charge in [0.05, 0.1) is 26.8 Å². The molecule has 0 aromatic heterocycles. The summed E-state index contributed by atoms with van der Waals surface area (Å²) < 4.78 is 0.720. The summed E-state index contributed by atoms with van der Waals surface area (Å²) in [6.07, 6.45) is 0. The molecule has 0 saturated carbocycles. The first-order valence-corrected chi connectivity index (χ1v) is 18.2. The number of benzene rings is 4. The predicted molar refractivity (Wildman–Crippen MR) is 203 cm³/mol. The van der Waals surface area contributed by atoms with Crippen molar-refractivity contribution in [3.8, 4) is 11.5 Å². The molecule has 10 nitrogen and oxygen atoms in total. The molecule has 0 spiro atoms. The molecule has 260 valence electrons. The van der Waals surface area contributed by atoms with Gasteiger partial charge in [0, 0.05) is 80.4 Å². The summed E-state index contributed by atoms with van der Waals surface area (Å²) in [7, 11) is 0. The van der Waals surface area contributed by atoms with Crippen LogP contribution in [0.15, 0.2) is 84.9 Å². The van der Waals surface area contributed by atoms with Crippen molar-refractivity contribution in [3.63, 3.8) is 0 Å². The highest BCUT2D eigenvalue weighted by molar-refractivity contribution is 14.1. The minimum Gasteiger partial charge on any atom is -0.507 e. The largest absolute Gasteiger partial charge is 0.507 e. The van der Waals surface area contributed by atoms with Crippen LogP contribution in [0, 0.1) is 0 Å². The van der Waals surface area contributed by atoms with E-state index >= 15 is 0 Å². The topological polar surface area (TPSA) is 122 Å². The molecular formula is C39H41IN4O6. The van der Waals surface area contributed by atoms with Crippen LogP contribution in [-0.4, -0.2) is 93.8 Å². The highest BCUT2D eigenvalue weighted by Gasteiger charge is 2.30. The van der Waals surface area contributed by atoms with Crippen molar-refractivity contribution in [1.82, 2.24) is 9.80 Å². The van der Waals surface area contributed by atoms with Crippen LogP contribution in [0.5, 0.6) is 11.5 Å². The van der Waals surface area contributed by atoms with Gasteiger partial charge in [0.15, 0.2) is 11.6 Å². The maximum Gasteiger partial charge on any atom is 0.254 e. The molecule has 1 aliphatic heterocycles. The number of nitrogens with zero attached hydrogens (tertiary/aromatic N) is 4. The average Bonchev–Trinajstić information content (AvgIpc) is 3.15. The number of piperazine rings is 1. The lowest BCUT2D eigenvalue weighted by Crippen LogP contribution is -2.51. The number of aromatic hydroxyl groups is 2. The maximum atomic E-state index is 13.8. The number of ketones is 2. The third-order valence-electron chi connectivity index (χ3n) is 9.13. The quantitative estimate of drug-likeness (QED) is 0.0752. The number of rotatable bonds is 12. The Kier molecular flexibility index (Phi) is 11.8. The predicted octanol–water partition coefficient (Wildman–Crippen LogP) is 6.22. The summed E-state index contributed by atoms with van der Waals surface area (Å²) in [4.78, 5) is 62.1. The van der Waals surface area contributed by atoms with E-state index in [4.69, 9.17) is 0 Å². The smallest absolute Gasteiger partial charge is 0.254 e. The van der Waals surface area contributed by atoms with Gasteiger partial charge < -0.3 is 29.8 Å². The molecule has 1 saturated heterocycles. The fraction of sp³-hybridized carbons (Fsp3) is 0.282. The first kappa shape index (κ1) is 36.4. The summed E-state index contributed by atoms with van der Waals surface area (Å²) in [5.74, 6) is -1.92. The highest BCUT2D eigenvalue weighted by atomic mass is 127. The Balaban J connectivity index is 1.30. The van der Waals surface area contributed by atoms with E-state index in [1.807, 2.05) is 25.7 Å². The van der Waals surface area contributed by atoms with E-state index in [1.54, 1.807) is 94.7 Å². The summed E-state index contributed by atoms with van der Waals surface area (Å²) in [5.41, 5.74) is 2.60. The number of carbonyl (C=O) groups is 4. The van der Waals surface area contributed by atoms with E-state index in [0.29, 0.717) is 0 Å². The number of phenolic OH excluding ortho intramolecular Hbond substituents is 2. The van der Waals surface area contributed by atoms with Crippen molar-refractivity contribution in [2.75, 3.05) is 60.2 Å². The number of halogens is 1. The van der Waals surface area contributed by atoms with E-state index < -0.39 is 11.6 Å². The Bertz CT molecular complexity index is 1760. The molecule has 2 N–H and O–H groups in total. The molecule has 5 rings (SSSR count). The standard InChI is InChI=1S/C39H41IN4O6/c1-4-41(5-2)26-15-17-32(34(45)23-26)36(47)28-11-7-9-13-30(28)38(49)43-19-21-44(22-20-43)39(50)31-14-10-8-12-29(31)37(48)33-18-16-27(24-35(33)46)42(6-3)25-40/h7-18,23-24,45-46H,4-6,19-22,25H2,1-3H3. The Hall–Kier alpha value is -4.91. The third kappa shape index (κ3) is 7.47. The third-order valence-corrected chi connectivity index (χ3v) is 9.95. The summed E-state index contributed by atoms with van der Waals surface area (Å²) >= 11 is 2.24. The number of amides is 2. The van der Waals surface area contributed by atoms with Gasteiger partial charge in [-0.1, -0.05) is 59.0 Å². The molecule has 1 aliphatic rings. The molecule has 0 bridgehead atoms. The van der Waals surface area contributed by atoms with Crippen LogP contribution in [0.3, 0.4) is 0 Å². The summed E-state index contributed by atoms with van der Waals surface area (Å²) in [6.45, 7) is 9.16. The molecule has 2 amide bonds. The Morgan fingerprint density at radius 2 is 0.920 bits per heavy atom. The van der Waals surface area contributed by atoms with E-state index in [9.17, 15) is 29.4 Å². The molecule has 0 unspecified atom stereocenters. The molecule has 0 atom stereocenters. The number of hydrogen-bond donors (Lipinski definition) is 2. The molecule has 11 heteroatoms. The molecule has 50 heavy (non-hydrogen) atoms. The lowest BCUT2D eigenvalue weighted by Gasteiger charge is -2.35. The highest BCUT2D eigenvalue weighted by Crippen LogP contribution is 2.30. The van der Waals surface area contributed by atoms with Crippen LogP contribution < -0.4 is 9.80 Å². The molecule has 0 radical (unpaired) electrons. The number of anilines is 2. The van der Waals surface area contributed by atoms with Crippen LogP contribution in [0.25, 0.3) is 0 Å². The van der Waals surface area contributed by atoms with Crippen molar-refractivity contribution in [2.45, 2.75) is 20.8 Å². The number of phenols is 2. The van der Waals surface area contributed by atoms with E-state index in [2.05, 4.69) is 27.5 Å². The van der Waals surface area contributed by atoms with Gasteiger partial charge in [0.2, 0.25) is 0 Å². The first-order valence-electron chi connectivity index (χ1n) is 16.7. The lowest BCUT2D eigenvalue weighted by molar-refractivity contribution is 0.0533. The van der Waals surface area contributed by atoms with Crippen molar-refractivity contribution in [1.29, 1.82) is 0 Å². The van der Waals surface area contributed by atoms with E-state index in [1.165, 1.54) is 0 Å². The van der Waals surface area contributed by atoms with Gasteiger partial charge in [-0.05, 0) is 57.2 Å². The van der Waals surface area contributed by atoms with Gasteiger partial charge in [-0.15, -0.1) is 0 Å². The van der Waals surface area contributed by atoms with Gasteiger partial charge in [-0.2, -0.15) is 0 Å². The fourth-order valence-electron chi connectivity index (χ4n) is 6.22. The molecule has 1 heterocycles. The van der Waals surface area contributed by atoms with Gasteiger partial charge in [0.25, 0.3) is 11.8 Å². The van der Waals surface area contributed by atoms with Crippen molar-refractivity contribution >= 4 is 57.3 Å². The minimum atomic E-state index is -0.459.